The molecule has 0 aliphatic carbocycles. The molecule has 0 saturated carbocycles. The third-order valence-corrected chi connectivity index (χ3v) is 3.39. The molecule has 1 unspecified atom stereocenters. The molecule has 82 valence electrons. The second kappa shape index (κ2) is 3.55. The van der Waals surface area contributed by atoms with Crippen molar-refractivity contribution in [3.8, 4) is 0 Å². The van der Waals surface area contributed by atoms with Gasteiger partial charge in [0.1, 0.15) is 0 Å². The highest BCUT2D eigenvalue weighted by atomic mass is 14.9. The van der Waals surface area contributed by atoms with Crippen molar-refractivity contribution in [2.24, 2.45) is 0 Å². The fraction of sp³-hybridized carbons (Fsp3) is 0.571. The molecule has 1 aromatic rings. The summed E-state index contributed by atoms with van der Waals surface area (Å²) in [6.45, 7) is 10.2. The molecule has 15 heavy (non-hydrogen) atoms. The van der Waals surface area contributed by atoms with Crippen LogP contribution in [0.1, 0.15) is 51.2 Å². The first-order valence-corrected chi connectivity index (χ1v) is 5.90. The van der Waals surface area contributed by atoms with Crippen molar-refractivity contribution < 1.29 is 0 Å². The van der Waals surface area contributed by atoms with Crippen molar-refractivity contribution in [1.29, 1.82) is 0 Å². The van der Waals surface area contributed by atoms with Gasteiger partial charge < -0.3 is 5.32 Å². The Balaban J connectivity index is 2.41. The first kappa shape index (κ1) is 10.5. The van der Waals surface area contributed by atoms with Crippen LogP contribution >= 0.6 is 0 Å². The van der Waals surface area contributed by atoms with Crippen LogP contribution in [0.3, 0.4) is 0 Å². The zero-order valence-electron chi connectivity index (χ0n) is 10.2. The van der Waals surface area contributed by atoms with E-state index in [2.05, 4.69) is 51.2 Å². The Morgan fingerprint density at radius 1 is 1.33 bits per heavy atom. The second-order valence-electron chi connectivity index (χ2n) is 5.54. The van der Waals surface area contributed by atoms with E-state index in [-0.39, 0.29) is 5.41 Å². The number of anilines is 1. The van der Waals surface area contributed by atoms with Gasteiger partial charge in [0.15, 0.2) is 0 Å². The number of rotatable bonds is 1. The summed E-state index contributed by atoms with van der Waals surface area (Å²) in [7, 11) is 0. The third kappa shape index (κ3) is 1.88. The Labute approximate surface area is 92.9 Å². The first-order valence-electron chi connectivity index (χ1n) is 5.90. The van der Waals surface area contributed by atoms with Gasteiger partial charge in [-0.05, 0) is 29.0 Å². The Hall–Kier alpha value is -0.980. The summed E-state index contributed by atoms with van der Waals surface area (Å²) in [4.78, 5) is 0. The number of hydrogen-bond donors (Lipinski definition) is 1. The molecule has 1 N–H and O–H groups in total. The minimum absolute atomic E-state index is 0.260. The lowest BCUT2D eigenvalue weighted by Gasteiger charge is -2.20. The van der Waals surface area contributed by atoms with Crippen LogP contribution in [0, 0.1) is 0 Å². The van der Waals surface area contributed by atoms with Gasteiger partial charge in [0, 0.05) is 18.2 Å². The van der Waals surface area contributed by atoms with E-state index in [1.54, 1.807) is 0 Å². The molecule has 1 aliphatic heterocycles. The lowest BCUT2D eigenvalue weighted by Crippen LogP contribution is -2.11. The smallest absolute Gasteiger partial charge is 0.0376 e. The molecule has 1 heterocycles. The van der Waals surface area contributed by atoms with Gasteiger partial charge in [0.2, 0.25) is 0 Å². The van der Waals surface area contributed by atoms with Gasteiger partial charge >= 0.3 is 0 Å². The van der Waals surface area contributed by atoms with E-state index in [4.69, 9.17) is 0 Å². The minimum atomic E-state index is 0.260. The predicted octanol–water partition coefficient (Wildman–Crippen LogP) is 3.90. The van der Waals surface area contributed by atoms with Crippen LogP contribution < -0.4 is 5.32 Å². The highest BCUT2D eigenvalue weighted by Gasteiger charge is 2.23. The third-order valence-electron chi connectivity index (χ3n) is 3.39. The minimum Gasteiger partial charge on any atom is -0.384 e. The van der Waals surface area contributed by atoms with Gasteiger partial charge in [-0.15, -0.1) is 0 Å². The summed E-state index contributed by atoms with van der Waals surface area (Å²) >= 11 is 0. The van der Waals surface area contributed by atoms with Crippen LogP contribution in [0.2, 0.25) is 0 Å². The van der Waals surface area contributed by atoms with Gasteiger partial charge in [-0.2, -0.15) is 0 Å². The molecule has 0 radical (unpaired) electrons. The number of nitrogens with one attached hydrogen (secondary N) is 1. The maximum absolute atomic E-state index is 3.48. The summed E-state index contributed by atoms with van der Waals surface area (Å²) in [6, 6.07) is 6.89. The Kier molecular flexibility index (Phi) is 2.49. The van der Waals surface area contributed by atoms with Crippen LogP contribution in [0.15, 0.2) is 18.2 Å². The molecule has 0 amide bonds. The lowest BCUT2D eigenvalue weighted by molar-refractivity contribution is 0.588. The number of fused-ring (bicyclic) bond motifs is 1. The molecular weight excluding hydrogens is 182 g/mol. The van der Waals surface area contributed by atoms with Crippen LogP contribution in [0.5, 0.6) is 0 Å². The monoisotopic (exact) mass is 203 g/mol. The predicted molar refractivity (Wildman–Crippen MR) is 66.7 cm³/mol. The highest BCUT2D eigenvalue weighted by Crippen LogP contribution is 2.36. The fourth-order valence-electron chi connectivity index (χ4n) is 2.24. The fourth-order valence-corrected chi connectivity index (χ4v) is 2.24. The zero-order chi connectivity index (χ0) is 11.1. The van der Waals surface area contributed by atoms with Gasteiger partial charge in [0.25, 0.3) is 0 Å². The molecule has 0 aromatic heterocycles. The standard InChI is InChI=1S/C14H21N/c1-5-10-9-15-13-7-6-11(8-12(10)13)14(2,3)4/h6-8,10,15H,5,9H2,1-4H3. The Bertz CT molecular complexity index is 360. The molecule has 0 saturated heterocycles. The van der Waals surface area contributed by atoms with Crippen molar-refractivity contribution in [1.82, 2.24) is 0 Å². The van der Waals surface area contributed by atoms with E-state index in [9.17, 15) is 0 Å². The topological polar surface area (TPSA) is 12.0 Å². The van der Waals surface area contributed by atoms with Crippen molar-refractivity contribution in [3.63, 3.8) is 0 Å². The van der Waals surface area contributed by atoms with E-state index in [1.807, 2.05) is 0 Å². The van der Waals surface area contributed by atoms with E-state index < -0.39 is 0 Å². The van der Waals surface area contributed by atoms with Crippen LogP contribution in [-0.4, -0.2) is 6.54 Å². The highest BCUT2D eigenvalue weighted by molar-refractivity contribution is 5.59. The average Bonchev–Trinajstić information content (AvgIpc) is 2.57. The summed E-state index contributed by atoms with van der Waals surface area (Å²) in [6.07, 6.45) is 1.23. The lowest BCUT2D eigenvalue weighted by atomic mass is 9.84. The van der Waals surface area contributed by atoms with Crippen LogP contribution in [0.25, 0.3) is 0 Å². The molecule has 0 bridgehead atoms. The van der Waals surface area contributed by atoms with Gasteiger partial charge in [-0.25, -0.2) is 0 Å². The summed E-state index contributed by atoms with van der Waals surface area (Å²) in [5, 5.41) is 3.48. The normalized spacial score (nSPS) is 19.9. The maximum atomic E-state index is 3.48. The number of hydrogen-bond acceptors (Lipinski definition) is 1. The summed E-state index contributed by atoms with van der Waals surface area (Å²) in [5.74, 6) is 0.710. The molecule has 1 aliphatic rings. The average molecular weight is 203 g/mol. The molecule has 1 heteroatoms. The molecule has 2 rings (SSSR count). The van der Waals surface area contributed by atoms with Gasteiger partial charge in [-0.3, -0.25) is 0 Å². The van der Waals surface area contributed by atoms with Gasteiger partial charge in [0.05, 0.1) is 0 Å². The molecule has 0 spiro atoms. The van der Waals surface area contributed by atoms with E-state index >= 15 is 0 Å². The van der Waals surface area contributed by atoms with Crippen LogP contribution in [-0.2, 0) is 5.41 Å². The van der Waals surface area contributed by atoms with Gasteiger partial charge in [-0.1, -0.05) is 39.8 Å². The Morgan fingerprint density at radius 3 is 2.67 bits per heavy atom. The molecular formula is C14H21N. The van der Waals surface area contributed by atoms with Crippen LogP contribution in [0.4, 0.5) is 5.69 Å². The second-order valence-corrected chi connectivity index (χ2v) is 5.54. The quantitative estimate of drug-likeness (QED) is 0.730. The van der Waals surface area contributed by atoms with E-state index in [0.717, 1.165) is 6.54 Å². The van der Waals surface area contributed by atoms with Crippen molar-refractivity contribution >= 4 is 5.69 Å². The van der Waals surface area contributed by atoms with E-state index in [0.29, 0.717) is 5.92 Å². The van der Waals surface area contributed by atoms with Crippen molar-refractivity contribution in [2.75, 3.05) is 11.9 Å². The molecule has 0 fully saturated rings. The maximum Gasteiger partial charge on any atom is 0.0376 e. The zero-order valence-corrected chi connectivity index (χ0v) is 10.2. The summed E-state index contributed by atoms with van der Waals surface area (Å²) in [5.41, 5.74) is 4.57. The largest absolute Gasteiger partial charge is 0.384 e. The number of benzene rings is 1. The van der Waals surface area contributed by atoms with Crippen molar-refractivity contribution in [3.05, 3.63) is 29.3 Å². The summed E-state index contributed by atoms with van der Waals surface area (Å²) < 4.78 is 0. The molecule has 1 nitrogen and oxygen atoms in total. The molecule has 1 aromatic carbocycles. The molecule has 1 atom stereocenters. The van der Waals surface area contributed by atoms with Crippen molar-refractivity contribution in [2.45, 2.75) is 45.4 Å². The first-order chi connectivity index (χ1) is 7.02. The Morgan fingerprint density at radius 2 is 2.07 bits per heavy atom. The SMILES string of the molecule is CCC1CNc2ccc(C(C)(C)C)cc21. The van der Waals surface area contributed by atoms with E-state index in [1.165, 1.54) is 23.2 Å².